The lowest BCUT2D eigenvalue weighted by atomic mass is 10.1. The van der Waals surface area contributed by atoms with E-state index in [2.05, 4.69) is 5.32 Å². The predicted octanol–water partition coefficient (Wildman–Crippen LogP) is 2.81. The Kier molecular flexibility index (Phi) is 6.11. The van der Waals surface area contributed by atoms with Gasteiger partial charge < -0.3 is 10.1 Å². The maximum atomic E-state index is 12.6. The molecule has 0 saturated carbocycles. The molecule has 2 rings (SSSR count). The highest BCUT2D eigenvalue weighted by Crippen LogP contribution is 2.19. The van der Waals surface area contributed by atoms with Crippen molar-refractivity contribution >= 4 is 16.1 Å². The van der Waals surface area contributed by atoms with Crippen molar-refractivity contribution < 1.29 is 17.9 Å². The van der Waals surface area contributed by atoms with Crippen LogP contribution in [0.3, 0.4) is 0 Å². The zero-order chi connectivity index (χ0) is 18.7. The van der Waals surface area contributed by atoms with Crippen molar-refractivity contribution in [1.29, 1.82) is 0 Å². The monoisotopic (exact) mass is 368 g/mol. The average Bonchev–Trinajstić information content (AvgIpc) is 2.48. The van der Waals surface area contributed by atoms with Crippen molar-refractivity contribution in [2.75, 3.05) is 13.1 Å². The predicted molar refractivity (Wildman–Crippen MR) is 97.8 cm³/mol. The molecule has 1 saturated heterocycles. The number of hydrogen-bond acceptors (Lipinski definition) is 4. The molecule has 1 aromatic carbocycles. The molecule has 1 aliphatic rings. The van der Waals surface area contributed by atoms with Crippen molar-refractivity contribution in [2.45, 2.75) is 57.9 Å². The fourth-order valence-electron chi connectivity index (χ4n) is 2.81. The van der Waals surface area contributed by atoms with E-state index < -0.39 is 21.7 Å². The Morgan fingerprint density at radius 2 is 1.84 bits per heavy atom. The molecule has 0 aromatic heterocycles. The SMILES string of the molecule is Cc1ccccc1CS(=O)(=O)N1CCC(NC(=O)OC(C)(C)C)CC1. The van der Waals surface area contributed by atoms with Crippen LogP contribution in [-0.2, 0) is 20.5 Å². The topological polar surface area (TPSA) is 75.7 Å². The summed E-state index contributed by atoms with van der Waals surface area (Å²) in [6.07, 6.45) is 0.729. The van der Waals surface area contributed by atoms with Crippen molar-refractivity contribution in [1.82, 2.24) is 9.62 Å². The molecule has 1 fully saturated rings. The van der Waals surface area contributed by atoms with Crippen LogP contribution < -0.4 is 5.32 Å². The average molecular weight is 368 g/mol. The largest absolute Gasteiger partial charge is 0.444 e. The minimum Gasteiger partial charge on any atom is -0.444 e. The van der Waals surface area contributed by atoms with Crippen LogP contribution in [0.4, 0.5) is 4.79 Å². The Morgan fingerprint density at radius 1 is 1.24 bits per heavy atom. The number of sulfonamides is 1. The summed E-state index contributed by atoms with van der Waals surface area (Å²) >= 11 is 0. The molecule has 1 aromatic rings. The van der Waals surface area contributed by atoms with Gasteiger partial charge in [0, 0.05) is 19.1 Å². The van der Waals surface area contributed by atoms with E-state index in [1.165, 1.54) is 4.31 Å². The number of alkyl carbamates (subject to hydrolysis) is 1. The van der Waals surface area contributed by atoms with Gasteiger partial charge >= 0.3 is 6.09 Å². The van der Waals surface area contributed by atoms with Crippen molar-refractivity contribution in [2.24, 2.45) is 0 Å². The standard InChI is InChI=1S/C18H28N2O4S/c1-14-7-5-6-8-15(14)13-25(22,23)20-11-9-16(10-12-20)19-17(21)24-18(2,3)4/h5-8,16H,9-13H2,1-4H3,(H,19,21). The van der Waals surface area contributed by atoms with Gasteiger partial charge in [0.15, 0.2) is 0 Å². The number of carbonyl (C=O) groups is 1. The first-order chi connectivity index (χ1) is 11.6. The first-order valence-corrected chi connectivity index (χ1v) is 10.2. The fraction of sp³-hybridized carbons (Fsp3) is 0.611. The van der Waals surface area contributed by atoms with E-state index in [1.54, 1.807) is 0 Å². The first kappa shape index (κ1) is 19.7. The molecule has 0 unspecified atom stereocenters. The summed E-state index contributed by atoms with van der Waals surface area (Å²) in [5, 5.41) is 2.82. The Hall–Kier alpha value is -1.60. The smallest absolute Gasteiger partial charge is 0.407 e. The van der Waals surface area contributed by atoms with E-state index in [4.69, 9.17) is 4.74 Å². The molecule has 25 heavy (non-hydrogen) atoms. The second kappa shape index (κ2) is 7.74. The van der Waals surface area contributed by atoms with Crippen LogP contribution in [0, 0.1) is 6.92 Å². The summed E-state index contributed by atoms with van der Waals surface area (Å²) in [7, 11) is -3.35. The van der Waals surface area contributed by atoms with Crippen LogP contribution in [0.5, 0.6) is 0 Å². The molecular weight excluding hydrogens is 340 g/mol. The van der Waals surface area contributed by atoms with Crippen molar-refractivity contribution in [3.05, 3.63) is 35.4 Å². The highest BCUT2D eigenvalue weighted by molar-refractivity contribution is 7.88. The normalized spacial score (nSPS) is 17.3. The molecule has 0 atom stereocenters. The number of benzene rings is 1. The fourth-order valence-corrected chi connectivity index (χ4v) is 4.48. The Bertz CT molecular complexity index is 702. The van der Waals surface area contributed by atoms with Crippen molar-refractivity contribution in [3.63, 3.8) is 0 Å². The Morgan fingerprint density at radius 3 is 2.40 bits per heavy atom. The van der Waals surface area contributed by atoms with Crippen LogP contribution in [-0.4, -0.2) is 43.5 Å². The number of aryl methyl sites for hydroxylation is 1. The molecule has 1 heterocycles. The van der Waals surface area contributed by atoms with Gasteiger partial charge in [-0.25, -0.2) is 17.5 Å². The van der Waals surface area contributed by atoms with E-state index >= 15 is 0 Å². The highest BCUT2D eigenvalue weighted by Gasteiger charge is 2.29. The second-order valence-corrected chi connectivity index (χ2v) is 9.47. The molecule has 0 radical (unpaired) electrons. The number of carbonyl (C=O) groups excluding carboxylic acids is 1. The molecule has 7 heteroatoms. The first-order valence-electron chi connectivity index (χ1n) is 8.59. The van der Waals surface area contributed by atoms with Gasteiger partial charge in [0.25, 0.3) is 0 Å². The van der Waals surface area contributed by atoms with Gasteiger partial charge in [0.1, 0.15) is 5.60 Å². The maximum Gasteiger partial charge on any atom is 0.407 e. The molecule has 1 amide bonds. The van der Waals surface area contributed by atoms with Crippen LogP contribution in [0.2, 0.25) is 0 Å². The molecule has 1 aliphatic heterocycles. The van der Waals surface area contributed by atoms with Gasteiger partial charge in [-0.05, 0) is 51.7 Å². The maximum absolute atomic E-state index is 12.6. The van der Waals surface area contributed by atoms with Crippen LogP contribution in [0.25, 0.3) is 0 Å². The number of rotatable bonds is 4. The van der Waals surface area contributed by atoms with E-state index in [0.29, 0.717) is 25.9 Å². The minimum atomic E-state index is -3.35. The molecule has 140 valence electrons. The van der Waals surface area contributed by atoms with Gasteiger partial charge in [0.2, 0.25) is 10.0 Å². The number of nitrogens with one attached hydrogen (secondary N) is 1. The molecule has 6 nitrogen and oxygen atoms in total. The lowest BCUT2D eigenvalue weighted by Gasteiger charge is -2.32. The van der Waals surface area contributed by atoms with Crippen molar-refractivity contribution in [3.8, 4) is 0 Å². The van der Waals surface area contributed by atoms with Gasteiger partial charge in [0.05, 0.1) is 5.75 Å². The lowest BCUT2D eigenvalue weighted by molar-refractivity contribution is 0.0489. The number of amides is 1. The van der Waals surface area contributed by atoms with Gasteiger partial charge in [-0.15, -0.1) is 0 Å². The minimum absolute atomic E-state index is 0.0177. The summed E-state index contributed by atoms with van der Waals surface area (Å²) < 4.78 is 32.0. The van der Waals surface area contributed by atoms with E-state index in [-0.39, 0.29) is 11.8 Å². The van der Waals surface area contributed by atoms with Gasteiger partial charge in [-0.1, -0.05) is 24.3 Å². The molecular formula is C18H28N2O4S. The van der Waals surface area contributed by atoms with Crippen LogP contribution in [0.15, 0.2) is 24.3 Å². The third-order valence-corrected chi connectivity index (χ3v) is 6.00. The molecule has 0 bridgehead atoms. The highest BCUT2D eigenvalue weighted by atomic mass is 32.2. The number of nitrogens with zero attached hydrogens (tertiary/aromatic N) is 1. The quantitative estimate of drug-likeness (QED) is 0.887. The zero-order valence-electron chi connectivity index (χ0n) is 15.4. The van der Waals surface area contributed by atoms with Gasteiger partial charge in [-0.3, -0.25) is 0 Å². The number of hydrogen-bond donors (Lipinski definition) is 1. The van der Waals surface area contributed by atoms with E-state index in [9.17, 15) is 13.2 Å². The second-order valence-electron chi connectivity index (χ2n) is 7.50. The van der Waals surface area contributed by atoms with E-state index in [0.717, 1.165) is 11.1 Å². The van der Waals surface area contributed by atoms with E-state index in [1.807, 2.05) is 52.0 Å². The molecule has 0 aliphatic carbocycles. The Balaban J connectivity index is 1.89. The van der Waals surface area contributed by atoms with Crippen LogP contribution >= 0.6 is 0 Å². The summed E-state index contributed by atoms with van der Waals surface area (Å²) in [6.45, 7) is 8.18. The lowest BCUT2D eigenvalue weighted by Crippen LogP contribution is -2.47. The van der Waals surface area contributed by atoms with Gasteiger partial charge in [-0.2, -0.15) is 0 Å². The summed E-state index contributed by atoms with van der Waals surface area (Å²) in [5.74, 6) is 0.0177. The molecule has 1 N–H and O–H groups in total. The summed E-state index contributed by atoms with van der Waals surface area (Å²) in [4.78, 5) is 11.8. The third-order valence-electron chi connectivity index (χ3n) is 4.17. The molecule has 0 spiro atoms. The zero-order valence-corrected chi connectivity index (χ0v) is 16.2. The van der Waals surface area contributed by atoms with Crippen LogP contribution in [0.1, 0.15) is 44.7 Å². The summed E-state index contributed by atoms with van der Waals surface area (Å²) in [5.41, 5.74) is 1.27. The number of piperidine rings is 1. The summed E-state index contributed by atoms with van der Waals surface area (Å²) in [6, 6.07) is 7.47. The Labute approximate surface area is 150 Å². The number of ether oxygens (including phenoxy) is 1. The third kappa shape index (κ3) is 6.01.